The average molecular weight is 310 g/mol. The number of benzene rings is 1. The molecule has 0 aromatic heterocycles. The average Bonchev–Trinajstić information content (AvgIpc) is 2.38. The van der Waals surface area contributed by atoms with Gasteiger partial charge in [-0.25, -0.2) is 0 Å². The Kier molecular flexibility index (Phi) is 4.55. The number of nitrogens with zero attached hydrogens (tertiary/aromatic N) is 1. The first kappa shape index (κ1) is 13.3. The fourth-order valence-corrected chi connectivity index (χ4v) is 2.38. The first-order valence-electron chi connectivity index (χ1n) is 6.06. The van der Waals surface area contributed by atoms with Gasteiger partial charge in [-0.15, -0.1) is 0 Å². The van der Waals surface area contributed by atoms with Crippen molar-refractivity contribution in [2.45, 2.75) is 18.9 Å². The molecule has 0 radical (unpaired) electrons. The Bertz CT molecular complexity index is 451. The van der Waals surface area contributed by atoms with Crippen molar-refractivity contribution in [3.8, 4) is 0 Å². The van der Waals surface area contributed by atoms with Gasteiger partial charge in [0.1, 0.15) is 0 Å². The van der Waals surface area contributed by atoms with Crippen molar-refractivity contribution in [2.24, 2.45) is 0 Å². The molecule has 4 heteroatoms. The van der Waals surface area contributed by atoms with Gasteiger partial charge in [0.15, 0.2) is 0 Å². The highest BCUT2D eigenvalue weighted by atomic mass is 79.9. The van der Waals surface area contributed by atoms with E-state index in [1.54, 1.807) is 11.0 Å². The van der Waals surface area contributed by atoms with Gasteiger partial charge >= 0.3 is 0 Å². The number of rotatable bonds is 2. The SMILES string of the molecule is O=C(/C=C/c1ccccc1Br)N1CCC(O)CC1. The summed E-state index contributed by atoms with van der Waals surface area (Å²) in [5, 5.41) is 9.39. The maximum absolute atomic E-state index is 11.9. The van der Waals surface area contributed by atoms with Gasteiger partial charge in [-0.05, 0) is 30.5 Å². The number of aliphatic hydroxyl groups is 1. The zero-order valence-electron chi connectivity index (χ0n) is 10.1. The van der Waals surface area contributed by atoms with Gasteiger partial charge in [0.05, 0.1) is 6.10 Å². The van der Waals surface area contributed by atoms with Gasteiger partial charge in [0.2, 0.25) is 5.91 Å². The molecular weight excluding hydrogens is 294 g/mol. The molecule has 1 fully saturated rings. The minimum atomic E-state index is -0.249. The molecule has 1 aliphatic heterocycles. The van der Waals surface area contributed by atoms with Gasteiger partial charge < -0.3 is 10.0 Å². The second-order valence-corrected chi connectivity index (χ2v) is 5.27. The molecule has 1 aromatic rings. The molecule has 96 valence electrons. The summed E-state index contributed by atoms with van der Waals surface area (Å²) < 4.78 is 0.975. The number of hydrogen-bond donors (Lipinski definition) is 1. The summed E-state index contributed by atoms with van der Waals surface area (Å²) in [6.07, 6.45) is 4.51. The van der Waals surface area contributed by atoms with Crippen LogP contribution < -0.4 is 0 Å². The Morgan fingerprint density at radius 1 is 1.33 bits per heavy atom. The van der Waals surface area contributed by atoms with Crippen molar-refractivity contribution in [3.05, 3.63) is 40.4 Å². The molecule has 1 saturated heterocycles. The predicted octanol–water partition coefficient (Wildman–Crippen LogP) is 2.45. The predicted molar refractivity (Wildman–Crippen MR) is 75.0 cm³/mol. The smallest absolute Gasteiger partial charge is 0.246 e. The van der Waals surface area contributed by atoms with E-state index in [9.17, 15) is 9.90 Å². The van der Waals surface area contributed by atoms with Crippen LogP contribution in [0.5, 0.6) is 0 Å². The maximum Gasteiger partial charge on any atom is 0.246 e. The molecule has 3 nitrogen and oxygen atoms in total. The van der Waals surface area contributed by atoms with Crippen LogP contribution in [0.2, 0.25) is 0 Å². The number of carbonyl (C=O) groups is 1. The van der Waals surface area contributed by atoms with E-state index < -0.39 is 0 Å². The van der Waals surface area contributed by atoms with E-state index in [4.69, 9.17) is 0 Å². The lowest BCUT2D eigenvalue weighted by Crippen LogP contribution is -2.39. The number of carbonyl (C=O) groups excluding carboxylic acids is 1. The summed E-state index contributed by atoms with van der Waals surface area (Å²) in [6, 6.07) is 7.77. The molecule has 0 atom stereocenters. The Morgan fingerprint density at radius 2 is 2.00 bits per heavy atom. The first-order valence-corrected chi connectivity index (χ1v) is 6.85. The molecule has 1 N–H and O–H groups in total. The van der Waals surface area contributed by atoms with Crippen molar-refractivity contribution in [1.82, 2.24) is 4.90 Å². The molecule has 18 heavy (non-hydrogen) atoms. The largest absolute Gasteiger partial charge is 0.393 e. The zero-order valence-corrected chi connectivity index (χ0v) is 11.6. The highest BCUT2D eigenvalue weighted by Crippen LogP contribution is 2.17. The quantitative estimate of drug-likeness (QED) is 0.853. The second-order valence-electron chi connectivity index (χ2n) is 4.41. The lowest BCUT2D eigenvalue weighted by molar-refractivity contribution is -0.127. The van der Waals surface area contributed by atoms with Gasteiger partial charge in [-0.2, -0.15) is 0 Å². The summed E-state index contributed by atoms with van der Waals surface area (Å²) in [5.41, 5.74) is 0.989. The van der Waals surface area contributed by atoms with Crippen LogP contribution in [0, 0.1) is 0 Å². The Morgan fingerprint density at radius 3 is 2.67 bits per heavy atom. The normalized spacial score (nSPS) is 17.3. The first-order chi connectivity index (χ1) is 8.66. The van der Waals surface area contributed by atoms with Crippen molar-refractivity contribution >= 4 is 27.9 Å². The molecular formula is C14H16BrNO2. The highest BCUT2D eigenvalue weighted by Gasteiger charge is 2.19. The molecule has 0 spiro atoms. The van der Waals surface area contributed by atoms with E-state index in [-0.39, 0.29) is 12.0 Å². The van der Waals surface area contributed by atoms with Crippen molar-refractivity contribution in [3.63, 3.8) is 0 Å². The summed E-state index contributed by atoms with van der Waals surface area (Å²) in [6.45, 7) is 1.28. The summed E-state index contributed by atoms with van der Waals surface area (Å²) in [7, 11) is 0. The van der Waals surface area contributed by atoms with Crippen LogP contribution in [0.25, 0.3) is 6.08 Å². The molecule has 0 aliphatic carbocycles. The maximum atomic E-state index is 11.9. The number of aliphatic hydroxyl groups excluding tert-OH is 1. The Balaban J connectivity index is 1.97. The van der Waals surface area contributed by atoms with Gasteiger partial charge in [0, 0.05) is 23.6 Å². The van der Waals surface area contributed by atoms with Gasteiger partial charge in [-0.3, -0.25) is 4.79 Å². The number of likely N-dealkylation sites (tertiary alicyclic amines) is 1. The van der Waals surface area contributed by atoms with Crippen molar-refractivity contribution < 1.29 is 9.90 Å². The Hall–Kier alpha value is -1.13. The lowest BCUT2D eigenvalue weighted by atomic mass is 10.1. The van der Waals surface area contributed by atoms with E-state index in [1.165, 1.54) is 0 Å². The van der Waals surface area contributed by atoms with Crippen LogP contribution in [0.1, 0.15) is 18.4 Å². The van der Waals surface area contributed by atoms with E-state index >= 15 is 0 Å². The van der Waals surface area contributed by atoms with E-state index in [1.807, 2.05) is 30.3 Å². The fraction of sp³-hybridized carbons (Fsp3) is 0.357. The van der Waals surface area contributed by atoms with Crippen molar-refractivity contribution in [1.29, 1.82) is 0 Å². The van der Waals surface area contributed by atoms with Crippen LogP contribution in [0.15, 0.2) is 34.8 Å². The molecule has 0 saturated carbocycles. The van der Waals surface area contributed by atoms with Crippen molar-refractivity contribution in [2.75, 3.05) is 13.1 Å². The second kappa shape index (κ2) is 6.16. The van der Waals surface area contributed by atoms with Gasteiger partial charge in [0.25, 0.3) is 0 Å². The third-order valence-electron chi connectivity index (χ3n) is 3.09. The van der Waals surface area contributed by atoms with E-state index in [0.29, 0.717) is 25.9 Å². The number of halogens is 1. The monoisotopic (exact) mass is 309 g/mol. The Labute approximate surface area is 115 Å². The topological polar surface area (TPSA) is 40.5 Å². The number of amides is 1. The minimum Gasteiger partial charge on any atom is -0.393 e. The van der Waals surface area contributed by atoms with Gasteiger partial charge in [-0.1, -0.05) is 34.1 Å². The van der Waals surface area contributed by atoms with E-state index in [2.05, 4.69) is 15.9 Å². The number of piperidine rings is 1. The molecule has 1 heterocycles. The van der Waals surface area contributed by atoms with Crippen LogP contribution in [-0.4, -0.2) is 35.1 Å². The standard InChI is InChI=1S/C14H16BrNO2/c15-13-4-2-1-3-11(13)5-6-14(18)16-9-7-12(17)8-10-16/h1-6,12,17H,7-10H2/b6-5+. The van der Waals surface area contributed by atoms with Crippen LogP contribution in [-0.2, 0) is 4.79 Å². The molecule has 1 aliphatic rings. The molecule has 1 aromatic carbocycles. The molecule has 2 rings (SSSR count). The van der Waals surface area contributed by atoms with Crippen LogP contribution in [0.4, 0.5) is 0 Å². The fourth-order valence-electron chi connectivity index (χ4n) is 1.96. The zero-order chi connectivity index (χ0) is 13.0. The minimum absolute atomic E-state index is 0.0117. The lowest BCUT2D eigenvalue weighted by Gasteiger charge is -2.28. The third-order valence-corrected chi connectivity index (χ3v) is 3.81. The summed E-state index contributed by atoms with van der Waals surface area (Å²) >= 11 is 3.44. The molecule has 0 unspecified atom stereocenters. The van der Waals surface area contributed by atoms with Crippen LogP contribution in [0.3, 0.4) is 0 Å². The van der Waals surface area contributed by atoms with E-state index in [0.717, 1.165) is 10.0 Å². The summed E-state index contributed by atoms with van der Waals surface area (Å²) in [5.74, 6) is 0.0117. The molecule has 1 amide bonds. The van der Waals surface area contributed by atoms with Crippen LogP contribution >= 0.6 is 15.9 Å². The molecule has 0 bridgehead atoms. The highest BCUT2D eigenvalue weighted by molar-refractivity contribution is 9.10. The summed E-state index contributed by atoms with van der Waals surface area (Å²) in [4.78, 5) is 13.7. The third kappa shape index (κ3) is 3.43. The number of hydrogen-bond acceptors (Lipinski definition) is 2.